The Morgan fingerprint density at radius 2 is 1.63 bits per heavy atom. The van der Waals surface area contributed by atoms with E-state index in [1.165, 1.54) is 32.1 Å². The van der Waals surface area contributed by atoms with Crippen LogP contribution in [0.2, 0.25) is 0 Å². The zero-order valence-electron chi connectivity index (χ0n) is 13.6. The fraction of sp³-hybridized carbons (Fsp3) is 0.941. The van der Waals surface area contributed by atoms with Crippen LogP contribution in [0.25, 0.3) is 0 Å². The third kappa shape index (κ3) is 8.28. The van der Waals surface area contributed by atoms with Gasteiger partial charge in [-0.15, -0.1) is 0 Å². The Balaban J connectivity index is 4.54. The lowest BCUT2D eigenvalue weighted by Gasteiger charge is -2.26. The number of unbranched alkanes of at least 4 members (excludes halogenated alkanes) is 1. The number of carboxylic acids is 1. The van der Waals surface area contributed by atoms with E-state index >= 15 is 0 Å². The Bertz CT molecular complexity index is 235. The van der Waals surface area contributed by atoms with Crippen molar-refractivity contribution in [3.05, 3.63) is 0 Å². The fourth-order valence-corrected chi connectivity index (χ4v) is 3.12. The van der Waals surface area contributed by atoms with E-state index in [0.717, 1.165) is 12.8 Å². The molecule has 0 aliphatic heterocycles. The van der Waals surface area contributed by atoms with Crippen LogP contribution in [0.5, 0.6) is 0 Å². The zero-order valence-corrected chi connectivity index (χ0v) is 13.6. The Kier molecular flexibility index (Phi) is 9.99. The fourth-order valence-electron chi connectivity index (χ4n) is 3.12. The van der Waals surface area contributed by atoms with Crippen molar-refractivity contribution in [1.82, 2.24) is 0 Å². The van der Waals surface area contributed by atoms with Gasteiger partial charge in [0.1, 0.15) is 0 Å². The number of hydrogen-bond donors (Lipinski definition) is 1. The number of aliphatic carboxylic acids is 1. The average molecular weight is 270 g/mol. The molecule has 0 aromatic rings. The van der Waals surface area contributed by atoms with Gasteiger partial charge < -0.3 is 5.11 Å². The van der Waals surface area contributed by atoms with Crippen molar-refractivity contribution in [2.24, 2.45) is 23.7 Å². The van der Waals surface area contributed by atoms with Crippen LogP contribution in [0.15, 0.2) is 0 Å². The third-order valence-electron chi connectivity index (χ3n) is 4.10. The molecule has 0 spiro atoms. The lowest BCUT2D eigenvalue weighted by atomic mass is 9.79. The molecule has 0 saturated heterocycles. The molecule has 3 unspecified atom stereocenters. The Hall–Kier alpha value is -0.530. The van der Waals surface area contributed by atoms with Crippen molar-refractivity contribution in [1.29, 1.82) is 0 Å². The quantitative estimate of drug-likeness (QED) is 0.548. The highest BCUT2D eigenvalue weighted by molar-refractivity contribution is 5.70. The van der Waals surface area contributed by atoms with Gasteiger partial charge in [-0.25, -0.2) is 0 Å². The van der Waals surface area contributed by atoms with E-state index in [4.69, 9.17) is 0 Å². The van der Waals surface area contributed by atoms with Gasteiger partial charge in [0.15, 0.2) is 0 Å². The highest BCUT2D eigenvalue weighted by Gasteiger charge is 2.27. The summed E-state index contributed by atoms with van der Waals surface area (Å²) in [6.07, 6.45) is 7.87. The van der Waals surface area contributed by atoms with E-state index in [0.29, 0.717) is 17.8 Å². The Morgan fingerprint density at radius 3 is 2.05 bits per heavy atom. The highest BCUT2D eigenvalue weighted by Crippen LogP contribution is 2.30. The molecule has 3 atom stereocenters. The summed E-state index contributed by atoms with van der Waals surface area (Å²) in [7, 11) is 0. The van der Waals surface area contributed by atoms with Crippen LogP contribution < -0.4 is 0 Å². The van der Waals surface area contributed by atoms with E-state index in [1.54, 1.807) is 0 Å². The summed E-state index contributed by atoms with van der Waals surface area (Å²) in [4.78, 5) is 11.5. The van der Waals surface area contributed by atoms with Gasteiger partial charge in [-0.3, -0.25) is 4.79 Å². The maximum atomic E-state index is 11.5. The Labute approximate surface area is 120 Å². The largest absolute Gasteiger partial charge is 0.481 e. The van der Waals surface area contributed by atoms with E-state index in [-0.39, 0.29) is 5.92 Å². The van der Waals surface area contributed by atoms with E-state index < -0.39 is 5.97 Å². The molecule has 0 aliphatic rings. The number of carbonyl (C=O) groups is 1. The van der Waals surface area contributed by atoms with Gasteiger partial charge in [0.05, 0.1) is 5.92 Å². The number of carboxylic acid groups (broad SMARTS) is 1. The van der Waals surface area contributed by atoms with Crippen LogP contribution in [-0.4, -0.2) is 11.1 Å². The van der Waals surface area contributed by atoms with Crippen molar-refractivity contribution in [2.75, 3.05) is 0 Å². The van der Waals surface area contributed by atoms with E-state index in [2.05, 4.69) is 34.6 Å². The molecule has 2 heteroatoms. The lowest BCUT2D eigenvalue weighted by Crippen LogP contribution is -2.25. The first-order chi connectivity index (χ1) is 8.92. The minimum Gasteiger partial charge on any atom is -0.481 e. The van der Waals surface area contributed by atoms with Crippen molar-refractivity contribution in [2.45, 2.75) is 79.6 Å². The van der Waals surface area contributed by atoms with Crippen molar-refractivity contribution < 1.29 is 9.90 Å². The minimum atomic E-state index is -0.592. The van der Waals surface area contributed by atoms with Gasteiger partial charge >= 0.3 is 5.97 Å². The first kappa shape index (κ1) is 18.5. The molecule has 0 rings (SSSR count). The first-order valence-corrected chi connectivity index (χ1v) is 8.15. The molecule has 2 nitrogen and oxygen atoms in total. The molecule has 0 fully saturated rings. The lowest BCUT2D eigenvalue weighted by molar-refractivity contribution is -0.144. The average Bonchev–Trinajstić information content (AvgIpc) is 2.31. The molecule has 0 saturated carbocycles. The van der Waals surface area contributed by atoms with Gasteiger partial charge in [-0.05, 0) is 30.6 Å². The zero-order chi connectivity index (χ0) is 14.8. The van der Waals surface area contributed by atoms with Gasteiger partial charge in [0, 0.05) is 0 Å². The van der Waals surface area contributed by atoms with Gasteiger partial charge in [-0.2, -0.15) is 0 Å². The van der Waals surface area contributed by atoms with Crippen molar-refractivity contribution in [3.8, 4) is 0 Å². The molecule has 0 radical (unpaired) electrons. The first-order valence-electron chi connectivity index (χ1n) is 8.15. The van der Waals surface area contributed by atoms with Crippen molar-refractivity contribution >= 4 is 5.97 Å². The summed E-state index contributed by atoms with van der Waals surface area (Å²) in [5, 5.41) is 9.50. The van der Waals surface area contributed by atoms with Crippen LogP contribution in [0.1, 0.15) is 79.6 Å². The van der Waals surface area contributed by atoms with Crippen molar-refractivity contribution in [3.63, 3.8) is 0 Å². The summed E-state index contributed by atoms with van der Waals surface area (Å²) in [5.74, 6) is 0.720. The molecule has 1 N–H and O–H groups in total. The highest BCUT2D eigenvalue weighted by atomic mass is 16.4. The molecule has 0 aromatic carbocycles. The summed E-state index contributed by atoms with van der Waals surface area (Å²) in [6, 6.07) is 0. The minimum absolute atomic E-state index is 0.157. The molecule has 114 valence electrons. The Morgan fingerprint density at radius 1 is 1.00 bits per heavy atom. The molecule has 0 heterocycles. The number of rotatable bonds is 11. The second kappa shape index (κ2) is 10.3. The normalized spacial score (nSPS) is 16.3. The molecule has 0 aliphatic carbocycles. The summed E-state index contributed by atoms with van der Waals surface area (Å²) in [6.45, 7) is 10.9. The maximum Gasteiger partial charge on any atom is 0.306 e. The molecule has 0 bridgehead atoms. The monoisotopic (exact) mass is 270 g/mol. The second-order valence-electron chi connectivity index (χ2n) is 6.58. The smallest absolute Gasteiger partial charge is 0.306 e. The topological polar surface area (TPSA) is 37.3 Å². The SMILES string of the molecule is CCCCC(CCC)CC(C(=O)O)C(C)CC(C)C. The van der Waals surface area contributed by atoms with Crippen LogP contribution in [-0.2, 0) is 4.79 Å². The standard InChI is InChI=1S/C17H34O2/c1-6-8-10-15(9-7-2)12-16(17(18)19)14(5)11-13(3)4/h13-16H,6-12H2,1-5H3,(H,18,19). The predicted octanol–water partition coefficient (Wildman–Crippen LogP) is 5.37. The van der Waals surface area contributed by atoms with Crippen LogP contribution in [0, 0.1) is 23.7 Å². The van der Waals surface area contributed by atoms with E-state index in [1.807, 2.05) is 0 Å². The third-order valence-corrected chi connectivity index (χ3v) is 4.10. The molecule has 19 heavy (non-hydrogen) atoms. The summed E-state index contributed by atoms with van der Waals surface area (Å²) < 4.78 is 0. The van der Waals surface area contributed by atoms with Crippen LogP contribution in [0.4, 0.5) is 0 Å². The molecule has 0 aromatic heterocycles. The summed E-state index contributed by atoms with van der Waals surface area (Å²) >= 11 is 0. The van der Waals surface area contributed by atoms with E-state index in [9.17, 15) is 9.90 Å². The van der Waals surface area contributed by atoms with Crippen LogP contribution in [0.3, 0.4) is 0 Å². The molecular weight excluding hydrogens is 236 g/mol. The predicted molar refractivity (Wildman–Crippen MR) is 82.3 cm³/mol. The van der Waals surface area contributed by atoms with Gasteiger partial charge in [-0.1, -0.05) is 66.7 Å². The maximum absolute atomic E-state index is 11.5. The second-order valence-corrected chi connectivity index (χ2v) is 6.58. The molecule has 0 amide bonds. The summed E-state index contributed by atoms with van der Waals surface area (Å²) in [5.41, 5.74) is 0. The van der Waals surface area contributed by atoms with Gasteiger partial charge in [0.2, 0.25) is 0 Å². The van der Waals surface area contributed by atoms with Gasteiger partial charge in [0.25, 0.3) is 0 Å². The van der Waals surface area contributed by atoms with Crippen LogP contribution >= 0.6 is 0 Å². The number of hydrogen-bond acceptors (Lipinski definition) is 1. The molecular formula is C17H34O2.